The molecule has 2 rings (SSSR count). The molecule has 5 heteroatoms. The van der Waals surface area contributed by atoms with Gasteiger partial charge in [0.25, 0.3) is 0 Å². The standard InChI is InChI=1S/C13H19N3O2/c1-4-18-9(2)8-16-10-6-5-7-11(17-3)12(10)15-13(16)14/h5-7,9H,4,8H2,1-3H3,(H2,14,15). The maximum absolute atomic E-state index is 5.96. The topological polar surface area (TPSA) is 62.3 Å². The fourth-order valence-electron chi connectivity index (χ4n) is 2.09. The number of fused-ring (bicyclic) bond motifs is 1. The Kier molecular flexibility index (Phi) is 3.72. The van der Waals surface area contributed by atoms with E-state index in [0.29, 0.717) is 19.1 Å². The Morgan fingerprint density at radius 2 is 2.22 bits per heavy atom. The first kappa shape index (κ1) is 12.7. The van der Waals surface area contributed by atoms with E-state index in [4.69, 9.17) is 15.2 Å². The molecule has 1 aromatic heterocycles. The third-order valence-electron chi connectivity index (χ3n) is 2.88. The van der Waals surface area contributed by atoms with Gasteiger partial charge in [-0.1, -0.05) is 6.07 Å². The molecule has 0 spiro atoms. The van der Waals surface area contributed by atoms with Crippen molar-refractivity contribution in [2.45, 2.75) is 26.5 Å². The van der Waals surface area contributed by atoms with Gasteiger partial charge in [-0.05, 0) is 26.0 Å². The third kappa shape index (κ3) is 2.26. The van der Waals surface area contributed by atoms with Crippen LogP contribution in [0.5, 0.6) is 5.75 Å². The molecule has 2 N–H and O–H groups in total. The number of methoxy groups -OCH3 is 1. The van der Waals surface area contributed by atoms with Crippen molar-refractivity contribution in [1.29, 1.82) is 0 Å². The average molecular weight is 249 g/mol. The van der Waals surface area contributed by atoms with Gasteiger partial charge in [-0.3, -0.25) is 0 Å². The van der Waals surface area contributed by atoms with E-state index in [1.807, 2.05) is 36.6 Å². The number of aromatic nitrogens is 2. The normalized spacial score (nSPS) is 12.8. The molecule has 1 heterocycles. The molecule has 2 aromatic rings. The van der Waals surface area contributed by atoms with Crippen molar-refractivity contribution in [2.75, 3.05) is 19.5 Å². The van der Waals surface area contributed by atoms with Crippen molar-refractivity contribution in [3.8, 4) is 5.75 Å². The smallest absolute Gasteiger partial charge is 0.201 e. The summed E-state index contributed by atoms with van der Waals surface area (Å²) in [5, 5.41) is 0. The maximum atomic E-state index is 5.96. The van der Waals surface area contributed by atoms with Gasteiger partial charge >= 0.3 is 0 Å². The SMILES string of the molecule is CCOC(C)Cn1c(N)nc2c(OC)cccc21. The molecule has 0 radical (unpaired) electrons. The van der Waals surface area contributed by atoms with Crippen molar-refractivity contribution >= 4 is 17.0 Å². The number of hydrogen-bond acceptors (Lipinski definition) is 4. The van der Waals surface area contributed by atoms with E-state index in [1.165, 1.54) is 0 Å². The molecule has 1 aromatic carbocycles. The Morgan fingerprint density at radius 1 is 1.44 bits per heavy atom. The molecular weight excluding hydrogens is 230 g/mol. The molecule has 0 fully saturated rings. The van der Waals surface area contributed by atoms with Gasteiger partial charge in [0, 0.05) is 6.61 Å². The number of para-hydroxylation sites is 1. The van der Waals surface area contributed by atoms with Crippen LogP contribution in [0.15, 0.2) is 18.2 Å². The predicted molar refractivity (Wildman–Crippen MR) is 71.8 cm³/mol. The number of anilines is 1. The van der Waals surface area contributed by atoms with Crippen LogP contribution in [0.2, 0.25) is 0 Å². The van der Waals surface area contributed by atoms with Crippen LogP contribution < -0.4 is 10.5 Å². The Bertz CT molecular complexity index is 536. The molecule has 0 aliphatic rings. The van der Waals surface area contributed by atoms with Crippen molar-refractivity contribution in [1.82, 2.24) is 9.55 Å². The highest BCUT2D eigenvalue weighted by Gasteiger charge is 2.13. The second kappa shape index (κ2) is 5.27. The first-order chi connectivity index (χ1) is 8.67. The Balaban J connectivity index is 2.41. The largest absolute Gasteiger partial charge is 0.494 e. The highest BCUT2D eigenvalue weighted by Crippen LogP contribution is 2.26. The molecular formula is C13H19N3O2. The quantitative estimate of drug-likeness (QED) is 0.881. The number of benzene rings is 1. The lowest BCUT2D eigenvalue weighted by Crippen LogP contribution is -2.17. The summed E-state index contributed by atoms with van der Waals surface area (Å²) in [5.41, 5.74) is 7.73. The number of nitrogens with two attached hydrogens (primary N) is 1. The summed E-state index contributed by atoms with van der Waals surface area (Å²) >= 11 is 0. The van der Waals surface area contributed by atoms with Gasteiger partial charge in [0.05, 0.1) is 25.3 Å². The van der Waals surface area contributed by atoms with Gasteiger partial charge in [-0.2, -0.15) is 0 Å². The van der Waals surface area contributed by atoms with E-state index in [9.17, 15) is 0 Å². The highest BCUT2D eigenvalue weighted by molar-refractivity contribution is 5.84. The fourth-order valence-corrected chi connectivity index (χ4v) is 2.09. The fraction of sp³-hybridized carbons (Fsp3) is 0.462. The summed E-state index contributed by atoms with van der Waals surface area (Å²) in [5.74, 6) is 1.23. The van der Waals surface area contributed by atoms with Crippen LogP contribution in [0.1, 0.15) is 13.8 Å². The van der Waals surface area contributed by atoms with Crippen molar-refractivity contribution in [3.05, 3.63) is 18.2 Å². The Hall–Kier alpha value is -1.75. The minimum absolute atomic E-state index is 0.0981. The number of ether oxygens (including phenoxy) is 2. The van der Waals surface area contributed by atoms with Crippen molar-refractivity contribution in [2.24, 2.45) is 0 Å². The molecule has 5 nitrogen and oxygen atoms in total. The lowest BCUT2D eigenvalue weighted by molar-refractivity contribution is 0.0652. The van der Waals surface area contributed by atoms with Crippen LogP contribution in [0.3, 0.4) is 0 Å². The van der Waals surface area contributed by atoms with E-state index in [1.54, 1.807) is 7.11 Å². The molecule has 0 saturated carbocycles. The van der Waals surface area contributed by atoms with E-state index >= 15 is 0 Å². The molecule has 0 amide bonds. The van der Waals surface area contributed by atoms with Crippen LogP contribution in [0.4, 0.5) is 5.95 Å². The van der Waals surface area contributed by atoms with Gasteiger partial charge in [0.2, 0.25) is 5.95 Å². The Morgan fingerprint density at radius 3 is 2.89 bits per heavy atom. The number of imidazole rings is 1. The van der Waals surface area contributed by atoms with E-state index < -0.39 is 0 Å². The van der Waals surface area contributed by atoms with Gasteiger partial charge in [0.1, 0.15) is 11.3 Å². The number of hydrogen-bond donors (Lipinski definition) is 1. The summed E-state index contributed by atoms with van der Waals surface area (Å²) in [7, 11) is 1.63. The minimum atomic E-state index is 0.0981. The zero-order chi connectivity index (χ0) is 13.1. The highest BCUT2D eigenvalue weighted by atomic mass is 16.5. The zero-order valence-corrected chi connectivity index (χ0v) is 11.0. The van der Waals surface area contributed by atoms with Crippen molar-refractivity contribution < 1.29 is 9.47 Å². The zero-order valence-electron chi connectivity index (χ0n) is 11.0. The minimum Gasteiger partial charge on any atom is -0.494 e. The van der Waals surface area contributed by atoms with Crippen LogP contribution in [-0.2, 0) is 11.3 Å². The summed E-state index contributed by atoms with van der Waals surface area (Å²) < 4.78 is 12.8. The summed E-state index contributed by atoms with van der Waals surface area (Å²) in [6.07, 6.45) is 0.0981. The number of nitrogens with zero attached hydrogens (tertiary/aromatic N) is 2. The summed E-state index contributed by atoms with van der Waals surface area (Å²) in [6, 6.07) is 5.80. The second-order valence-electron chi connectivity index (χ2n) is 4.17. The lowest BCUT2D eigenvalue weighted by Gasteiger charge is -2.14. The molecule has 1 unspecified atom stereocenters. The van der Waals surface area contributed by atoms with E-state index in [0.717, 1.165) is 16.8 Å². The number of rotatable bonds is 5. The van der Waals surface area contributed by atoms with Crippen LogP contribution in [0.25, 0.3) is 11.0 Å². The first-order valence-electron chi connectivity index (χ1n) is 6.07. The van der Waals surface area contributed by atoms with Gasteiger partial charge < -0.3 is 19.8 Å². The second-order valence-corrected chi connectivity index (χ2v) is 4.17. The summed E-state index contributed by atoms with van der Waals surface area (Å²) in [6.45, 7) is 5.38. The van der Waals surface area contributed by atoms with Crippen LogP contribution >= 0.6 is 0 Å². The monoisotopic (exact) mass is 249 g/mol. The molecule has 0 aliphatic carbocycles. The van der Waals surface area contributed by atoms with E-state index in [2.05, 4.69) is 4.98 Å². The summed E-state index contributed by atoms with van der Waals surface area (Å²) in [4.78, 5) is 4.36. The maximum Gasteiger partial charge on any atom is 0.201 e. The average Bonchev–Trinajstić information content (AvgIpc) is 2.66. The van der Waals surface area contributed by atoms with E-state index in [-0.39, 0.29) is 6.10 Å². The number of nitrogen functional groups attached to an aromatic ring is 1. The lowest BCUT2D eigenvalue weighted by atomic mass is 10.3. The molecule has 0 saturated heterocycles. The third-order valence-corrected chi connectivity index (χ3v) is 2.88. The van der Waals surface area contributed by atoms with Gasteiger partial charge in [0.15, 0.2) is 0 Å². The van der Waals surface area contributed by atoms with Crippen LogP contribution in [0, 0.1) is 0 Å². The predicted octanol–water partition coefficient (Wildman–Crippen LogP) is 2.05. The van der Waals surface area contributed by atoms with Gasteiger partial charge in [-0.15, -0.1) is 0 Å². The van der Waals surface area contributed by atoms with Crippen molar-refractivity contribution in [3.63, 3.8) is 0 Å². The molecule has 98 valence electrons. The van der Waals surface area contributed by atoms with Crippen LogP contribution in [-0.4, -0.2) is 29.4 Å². The first-order valence-corrected chi connectivity index (χ1v) is 6.07. The Labute approximate surface area is 107 Å². The molecule has 0 aliphatic heterocycles. The van der Waals surface area contributed by atoms with Gasteiger partial charge in [-0.25, -0.2) is 4.98 Å². The molecule has 0 bridgehead atoms. The molecule has 18 heavy (non-hydrogen) atoms. The molecule has 1 atom stereocenters.